The summed E-state index contributed by atoms with van der Waals surface area (Å²) in [5.41, 5.74) is 0. The molecule has 0 aliphatic rings. The van der Waals surface area contributed by atoms with Gasteiger partial charge in [-0.1, -0.05) is 18.5 Å². The minimum absolute atomic E-state index is 0.0194. The molecular formula is C11H12ClFO2S. The number of halogens is 2. The zero-order valence-electron chi connectivity index (χ0n) is 9.00. The van der Waals surface area contributed by atoms with Crippen LogP contribution in [0.25, 0.3) is 0 Å². The van der Waals surface area contributed by atoms with Gasteiger partial charge in [0, 0.05) is 16.6 Å². The van der Waals surface area contributed by atoms with Crippen LogP contribution in [-0.2, 0) is 15.6 Å². The number of hydrogen-bond donors (Lipinski definition) is 0. The van der Waals surface area contributed by atoms with E-state index in [0.717, 1.165) is 0 Å². The number of Topliss-reactive ketones (excluding diaryl/α,β-unsaturated/α-hetero) is 1. The van der Waals surface area contributed by atoms with Gasteiger partial charge in [-0.15, -0.1) is 0 Å². The van der Waals surface area contributed by atoms with E-state index in [9.17, 15) is 13.4 Å². The van der Waals surface area contributed by atoms with E-state index in [2.05, 4.69) is 0 Å². The minimum Gasteiger partial charge on any atom is -0.300 e. The van der Waals surface area contributed by atoms with Gasteiger partial charge < -0.3 is 0 Å². The molecule has 1 aromatic carbocycles. The van der Waals surface area contributed by atoms with Gasteiger partial charge in [0.25, 0.3) is 0 Å². The molecular weight excluding hydrogens is 251 g/mol. The number of benzene rings is 1. The highest BCUT2D eigenvalue weighted by Crippen LogP contribution is 2.21. The summed E-state index contributed by atoms with van der Waals surface area (Å²) < 4.78 is 24.8. The third kappa shape index (κ3) is 3.39. The number of rotatable bonds is 4. The standard InChI is InChI=1S/C11H12ClFO2S/c1-7(14)5-8(2)16(15)9-3-4-11(13)10(12)6-9/h3-4,6,8H,5H2,1-2H3. The first kappa shape index (κ1) is 13.3. The Balaban J connectivity index is 2.88. The fourth-order valence-electron chi connectivity index (χ4n) is 1.31. The van der Waals surface area contributed by atoms with Gasteiger partial charge in [0.2, 0.25) is 0 Å². The predicted octanol–water partition coefficient (Wildman–Crippen LogP) is 2.95. The summed E-state index contributed by atoms with van der Waals surface area (Å²) in [7, 11) is -1.34. The highest BCUT2D eigenvalue weighted by atomic mass is 35.5. The summed E-state index contributed by atoms with van der Waals surface area (Å²) in [5, 5.41) is -0.347. The summed E-state index contributed by atoms with van der Waals surface area (Å²) >= 11 is 5.59. The van der Waals surface area contributed by atoms with Crippen LogP contribution in [0.4, 0.5) is 4.39 Å². The summed E-state index contributed by atoms with van der Waals surface area (Å²) in [6.07, 6.45) is 0.238. The van der Waals surface area contributed by atoms with Crippen molar-refractivity contribution >= 4 is 28.2 Å². The van der Waals surface area contributed by atoms with E-state index in [4.69, 9.17) is 11.6 Å². The maximum Gasteiger partial charge on any atom is 0.141 e. The predicted molar refractivity (Wildman–Crippen MR) is 62.6 cm³/mol. The van der Waals surface area contributed by atoms with Crippen molar-refractivity contribution in [1.82, 2.24) is 0 Å². The van der Waals surface area contributed by atoms with Crippen molar-refractivity contribution in [2.75, 3.05) is 0 Å². The van der Waals surface area contributed by atoms with Crippen LogP contribution < -0.4 is 0 Å². The quantitative estimate of drug-likeness (QED) is 0.836. The van der Waals surface area contributed by atoms with E-state index >= 15 is 0 Å². The molecule has 5 heteroatoms. The lowest BCUT2D eigenvalue weighted by Crippen LogP contribution is -2.14. The van der Waals surface area contributed by atoms with Gasteiger partial charge in [-0.25, -0.2) is 4.39 Å². The molecule has 2 unspecified atom stereocenters. The lowest BCUT2D eigenvalue weighted by Gasteiger charge is -2.09. The fraction of sp³-hybridized carbons (Fsp3) is 0.364. The van der Waals surface area contributed by atoms with E-state index in [1.807, 2.05) is 0 Å². The van der Waals surface area contributed by atoms with Gasteiger partial charge in [0.1, 0.15) is 11.6 Å². The summed E-state index contributed by atoms with van der Waals surface area (Å²) in [5.74, 6) is -0.560. The normalized spacial score (nSPS) is 14.5. The highest BCUT2D eigenvalue weighted by Gasteiger charge is 2.16. The average Bonchev–Trinajstić information content (AvgIpc) is 2.20. The van der Waals surface area contributed by atoms with Crippen LogP contribution in [0.5, 0.6) is 0 Å². The van der Waals surface area contributed by atoms with Crippen molar-refractivity contribution in [3.05, 3.63) is 29.0 Å². The molecule has 88 valence electrons. The van der Waals surface area contributed by atoms with Gasteiger partial charge in [-0.05, 0) is 25.1 Å². The summed E-state index contributed by atoms with van der Waals surface area (Å²) in [6, 6.07) is 3.94. The Morgan fingerprint density at radius 1 is 1.56 bits per heavy atom. The number of carbonyl (C=O) groups excluding carboxylic acids is 1. The number of hydrogen-bond acceptors (Lipinski definition) is 2. The lowest BCUT2D eigenvalue weighted by atomic mass is 10.2. The van der Waals surface area contributed by atoms with E-state index in [1.165, 1.54) is 25.1 Å². The SMILES string of the molecule is CC(=O)CC(C)S(=O)c1ccc(F)c(Cl)c1. The number of carbonyl (C=O) groups is 1. The molecule has 2 atom stereocenters. The van der Waals surface area contributed by atoms with Crippen LogP contribution in [0.1, 0.15) is 20.3 Å². The van der Waals surface area contributed by atoms with Crippen LogP contribution in [0.15, 0.2) is 23.1 Å². The van der Waals surface area contributed by atoms with E-state index < -0.39 is 16.6 Å². The highest BCUT2D eigenvalue weighted by molar-refractivity contribution is 7.85. The monoisotopic (exact) mass is 262 g/mol. The van der Waals surface area contributed by atoms with E-state index in [0.29, 0.717) is 4.90 Å². The molecule has 1 aromatic rings. The molecule has 0 bridgehead atoms. The molecule has 0 heterocycles. The van der Waals surface area contributed by atoms with Crippen LogP contribution in [-0.4, -0.2) is 15.2 Å². The average molecular weight is 263 g/mol. The molecule has 0 aliphatic carbocycles. The second-order valence-corrected chi connectivity index (χ2v) is 5.87. The maximum atomic E-state index is 12.9. The zero-order valence-corrected chi connectivity index (χ0v) is 10.6. The Morgan fingerprint density at radius 3 is 2.69 bits per heavy atom. The Morgan fingerprint density at radius 2 is 2.19 bits per heavy atom. The maximum absolute atomic E-state index is 12.9. The first-order valence-electron chi connectivity index (χ1n) is 4.77. The molecule has 0 saturated carbocycles. The fourth-order valence-corrected chi connectivity index (χ4v) is 2.85. The molecule has 0 saturated heterocycles. The molecule has 0 fully saturated rings. The number of ketones is 1. The van der Waals surface area contributed by atoms with Crippen molar-refractivity contribution < 1.29 is 13.4 Å². The van der Waals surface area contributed by atoms with Crippen LogP contribution >= 0.6 is 11.6 Å². The van der Waals surface area contributed by atoms with Gasteiger partial charge in [0.05, 0.1) is 15.8 Å². The molecule has 16 heavy (non-hydrogen) atoms. The van der Waals surface area contributed by atoms with Crippen LogP contribution in [0, 0.1) is 5.82 Å². The van der Waals surface area contributed by atoms with Gasteiger partial charge in [0.15, 0.2) is 0 Å². The molecule has 1 rings (SSSR count). The Labute approximate surface area is 101 Å². The minimum atomic E-state index is -1.34. The first-order chi connectivity index (χ1) is 7.41. The third-order valence-electron chi connectivity index (χ3n) is 2.06. The second-order valence-electron chi connectivity index (χ2n) is 3.59. The molecule has 0 spiro atoms. The van der Waals surface area contributed by atoms with Crippen LogP contribution in [0.3, 0.4) is 0 Å². The molecule has 0 aliphatic heterocycles. The third-order valence-corrected chi connectivity index (χ3v) is 3.97. The zero-order chi connectivity index (χ0) is 12.3. The van der Waals surface area contributed by atoms with Gasteiger partial charge >= 0.3 is 0 Å². The molecule has 0 aromatic heterocycles. The largest absolute Gasteiger partial charge is 0.300 e. The first-order valence-corrected chi connectivity index (χ1v) is 6.36. The lowest BCUT2D eigenvalue weighted by molar-refractivity contribution is -0.116. The van der Waals surface area contributed by atoms with Crippen molar-refractivity contribution in [2.24, 2.45) is 0 Å². The molecule has 0 N–H and O–H groups in total. The summed E-state index contributed by atoms with van der Waals surface area (Å²) in [4.78, 5) is 11.3. The van der Waals surface area contributed by atoms with Crippen molar-refractivity contribution in [2.45, 2.75) is 30.4 Å². The Bertz CT molecular complexity index is 434. The Kier molecular flexibility index (Phi) is 4.62. The van der Waals surface area contributed by atoms with Crippen molar-refractivity contribution in [1.29, 1.82) is 0 Å². The summed E-state index contributed by atoms with van der Waals surface area (Å²) in [6.45, 7) is 3.17. The second kappa shape index (κ2) is 5.55. The molecule has 0 amide bonds. The van der Waals surface area contributed by atoms with Crippen molar-refractivity contribution in [3.63, 3.8) is 0 Å². The van der Waals surface area contributed by atoms with E-state index in [1.54, 1.807) is 6.92 Å². The van der Waals surface area contributed by atoms with E-state index in [-0.39, 0.29) is 22.5 Å². The smallest absolute Gasteiger partial charge is 0.141 e. The Hall–Kier alpha value is -0.740. The molecule has 2 nitrogen and oxygen atoms in total. The topological polar surface area (TPSA) is 34.1 Å². The van der Waals surface area contributed by atoms with Crippen molar-refractivity contribution in [3.8, 4) is 0 Å². The van der Waals surface area contributed by atoms with Gasteiger partial charge in [-0.2, -0.15) is 0 Å². The van der Waals surface area contributed by atoms with Crippen LogP contribution in [0.2, 0.25) is 5.02 Å². The van der Waals surface area contributed by atoms with Gasteiger partial charge in [-0.3, -0.25) is 9.00 Å². The molecule has 0 radical (unpaired) electrons.